The smallest absolute Gasteiger partial charge is 0.225 e. The third kappa shape index (κ3) is 4.39. The summed E-state index contributed by atoms with van der Waals surface area (Å²) in [6.45, 7) is 7.05. The molecule has 8 heteroatoms. The highest BCUT2D eigenvalue weighted by molar-refractivity contribution is 7.00. The van der Waals surface area contributed by atoms with Gasteiger partial charge in [0.25, 0.3) is 0 Å². The van der Waals surface area contributed by atoms with Crippen LogP contribution in [0.1, 0.15) is 44.7 Å². The van der Waals surface area contributed by atoms with E-state index in [-0.39, 0.29) is 5.91 Å². The minimum atomic E-state index is 0.0566. The first-order valence-corrected chi connectivity index (χ1v) is 10.6. The SMILES string of the molecule is CC(C)CC(=O)Nc1ccnn1C1CCN(Cc2ccc3nsnc3c2)CC1. The molecule has 0 radical (unpaired) electrons. The van der Waals surface area contributed by atoms with Gasteiger partial charge >= 0.3 is 0 Å². The molecule has 2 aromatic heterocycles. The van der Waals surface area contributed by atoms with Crippen LogP contribution in [-0.4, -0.2) is 42.4 Å². The standard InChI is InChI=1S/C20H26N6OS/c1-14(2)11-20(27)22-19-5-8-21-26(19)16-6-9-25(10-7-16)13-15-3-4-17-18(12-15)24-28-23-17/h3-5,8,12,14,16H,6-7,9-11,13H2,1-2H3,(H,22,27). The molecule has 1 aromatic carbocycles. The van der Waals surface area contributed by atoms with Crippen LogP contribution in [0.3, 0.4) is 0 Å². The van der Waals surface area contributed by atoms with Crippen LogP contribution < -0.4 is 5.32 Å². The number of carbonyl (C=O) groups excluding carboxylic acids is 1. The highest BCUT2D eigenvalue weighted by Crippen LogP contribution is 2.27. The monoisotopic (exact) mass is 398 g/mol. The van der Waals surface area contributed by atoms with Crippen LogP contribution >= 0.6 is 11.7 Å². The fourth-order valence-corrected chi connectivity index (χ4v) is 4.29. The fourth-order valence-electron chi connectivity index (χ4n) is 3.78. The van der Waals surface area contributed by atoms with Crippen molar-refractivity contribution in [2.24, 2.45) is 5.92 Å². The average molecular weight is 399 g/mol. The van der Waals surface area contributed by atoms with Gasteiger partial charge in [-0.25, -0.2) is 4.68 Å². The second-order valence-corrected chi connectivity index (χ2v) is 8.43. The number of nitrogens with zero attached hydrogens (tertiary/aromatic N) is 5. The van der Waals surface area contributed by atoms with E-state index in [1.165, 1.54) is 17.3 Å². The van der Waals surface area contributed by atoms with Crippen molar-refractivity contribution in [2.45, 2.75) is 45.7 Å². The second kappa shape index (κ2) is 8.36. The lowest BCUT2D eigenvalue weighted by Gasteiger charge is -2.32. The maximum absolute atomic E-state index is 12.1. The highest BCUT2D eigenvalue weighted by atomic mass is 32.1. The van der Waals surface area contributed by atoms with Crippen molar-refractivity contribution >= 4 is 34.5 Å². The van der Waals surface area contributed by atoms with Gasteiger partial charge in [-0.15, -0.1) is 0 Å². The van der Waals surface area contributed by atoms with E-state index < -0.39 is 0 Å². The maximum atomic E-state index is 12.1. The molecule has 0 bridgehead atoms. The number of piperidine rings is 1. The predicted octanol–water partition coefficient (Wildman–Crippen LogP) is 3.71. The van der Waals surface area contributed by atoms with Gasteiger partial charge in [0, 0.05) is 32.1 Å². The molecular weight excluding hydrogens is 372 g/mol. The number of rotatable bonds is 6. The zero-order chi connectivity index (χ0) is 19.5. The molecule has 3 aromatic rings. The molecule has 148 valence electrons. The molecule has 0 saturated carbocycles. The summed E-state index contributed by atoms with van der Waals surface area (Å²) >= 11 is 1.26. The first kappa shape index (κ1) is 19.0. The molecule has 3 heterocycles. The number of amides is 1. The Kier molecular flexibility index (Phi) is 5.68. The Morgan fingerprint density at radius 3 is 2.79 bits per heavy atom. The number of nitrogens with one attached hydrogen (secondary N) is 1. The van der Waals surface area contributed by atoms with Gasteiger partial charge in [0.15, 0.2) is 0 Å². The number of fused-ring (bicyclic) bond motifs is 1. The number of likely N-dealkylation sites (tertiary alicyclic amines) is 1. The Labute approximate surface area is 169 Å². The lowest BCUT2D eigenvalue weighted by atomic mass is 10.0. The van der Waals surface area contributed by atoms with E-state index in [1.54, 1.807) is 6.20 Å². The molecule has 0 unspecified atom stereocenters. The van der Waals surface area contributed by atoms with Gasteiger partial charge < -0.3 is 5.32 Å². The Bertz CT molecular complexity index is 941. The van der Waals surface area contributed by atoms with Crippen LogP contribution in [0.15, 0.2) is 30.5 Å². The molecule has 28 heavy (non-hydrogen) atoms. The molecule has 1 aliphatic rings. The lowest BCUT2D eigenvalue weighted by Crippen LogP contribution is -2.35. The Morgan fingerprint density at radius 1 is 1.21 bits per heavy atom. The number of hydrogen-bond acceptors (Lipinski definition) is 6. The van der Waals surface area contributed by atoms with Gasteiger partial charge in [-0.2, -0.15) is 13.8 Å². The van der Waals surface area contributed by atoms with Gasteiger partial charge in [-0.05, 0) is 36.5 Å². The van der Waals surface area contributed by atoms with Crippen LogP contribution in [0.25, 0.3) is 11.0 Å². The third-order valence-electron chi connectivity index (χ3n) is 5.16. The molecule has 4 rings (SSSR count). The fraction of sp³-hybridized carbons (Fsp3) is 0.500. The zero-order valence-corrected chi connectivity index (χ0v) is 17.2. The van der Waals surface area contributed by atoms with E-state index in [2.05, 4.69) is 56.1 Å². The number of benzene rings is 1. The van der Waals surface area contributed by atoms with Crippen LogP contribution in [-0.2, 0) is 11.3 Å². The molecule has 0 spiro atoms. The molecule has 7 nitrogen and oxygen atoms in total. The third-order valence-corrected chi connectivity index (χ3v) is 5.72. The summed E-state index contributed by atoms with van der Waals surface area (Å²) in [7, 11) is 0. The van der Waals surface area contributed by atoms with Crippen molar-refractivity contribution in [2.75, 3.05) is 18.4 Å². The zero-order valence-electron chi connectivity index (χ0n) is 16.3. The molecule has 1 fully saturated rings. The lowest BCUT2D eigenvalue weighted by molar-refractivity contribution is -0.116. The summed E-state index contributed by atoms with van der Waals surface area (Å²) in [5.41, 5.74) is 3.23. The highest BCUT2D eigenvalue weighted by Gasteiger charge is 2.23. The van der Waals surface area contributed by atoms with Crippen molar-refractivity contribution in [3.63, 3.8) is 0 Å². The van der Waals surface area contributed by atoms with Gasteiger partial charge in [-0.1, -0.05) is 19.9 Å². The first-order chi connectivity index (χ1) is 13.6. The molecule has 0 atom stereocenters. The first-order valence-electron chi connectivity index (χ1n) is 9.85. The largest absolute Gasteiger partial charge is 0.311 e. The molecule has 1 saturated heterocycles. The second-order valence-electron chi connectivity index (χ2n) is 7.90. The maximum Gasteiger partial charge on any atom is 0.225 e. The molecule has 1 N–H and O–H groups in total. The normalized spacial score (nSPS) is 16.1. The van der Waals surface area contributed by atoms with Crippen molar-refractivity contribution in [1.82, 2.24) is 23.4 Å². The minimum absolute atomic E-state index is 0.0566. The van der Waals surface area contributed by atoms with Crippen molar-refractivity contribution < 1.29 is 4.79 Å². The minimum Gasteiger partial charge on any atom is -0.311 e. The van der Waals surface area contributed by atoms with Crippen molar-refractivity contribution in [3.8, 4) is 0 Å². The summed E-state index contributed by atoms with van der Waals surface area (Å²) in [4.78, 5) is 14.6. The Hall–Kier alpha value is -2.32. The van der Waals surface area contributed by atoms with E-state index in [0.717, 1.165) is 49.3 Å². The van der Waals surface area contributed by atoms with E-state index in [9.17, 15) is 4.79 Å². The quantitative estimate of drug-likeness (QED) is 0.685. The Balaban J connectivity index is 1.34. The van der Waals surface area contributed by atoms with E-state index in [4.69, 9.17) is 0 Å². The number of anilines is 1. The topological polar surface area (TPSA) is 75.9 Å². The summed E-state index contributed by atoms with van der Waals surface area (Å²) in [6.07, 6.45) is 4.35. The predicted molar refractivity (Wildman–Crippen MR) is 111 cm³/mol. The number of aromatic nitrogens is 4. The van der Waals surface area contributed by atoms with Gasteiger partial charge in [0.1, 0.15) is 16.9 Å². The van der Waals surface area contributed by atoms with Gasteiger partial charge in [-0.3, -0.25) is 9.69 Å². The van der Waals surface area contributed by atoms with Crippen LogP contribution in [0, 0.1) is 5.92 Å². The molecule has 1 aliphatic heterocycles. The number of hydrogen-bond donors (Lipinski definition) is 1. The summed E-state index contributed by atoms with van der Waals surface area (Å²) in [5, 5.41) is 7.50. The molecular formula is C20H26N6OS. The van der Waals surface area contributed by atoms with Crippen LogP contribution in [0.4, 0.5) is 5.82 Å². The van der Waals surface area contributed by atoms with Crippen LogP contribution in [0.5, 0.6) is 0 Å². The Morgan fingerprint density at radius 2 is 2.00 bits per heavy atom. The van der Waals surface area contributed by atoms with E-state index >= 15 is 0 Å². The average Bonchev–Trinajstić information content (AvgIpc) is 3.30. The van der Waals surface area contributed by atoms with E-state index in [0.29, 0.717) is 18.4 Å². The summed E-state index contributed by atoms with van der Waals surface area (Å²) in [6, 6.07) is 8.55. The van der Waals surface area contributed by atoms with Crippen LogP contribution in [0.2, 0.25) is 0 Å². The number of carbonyl (C=O) groups is 1. The van der Waals surface area contributed by atoms with Gasteiger partial charge in [0.2, 0.25) is 5.91 Å². The van der Waals surface area contributed by atoms with Crippen molar-refractivity contribution in [3.05, 3.63) is 36.0 Å². The van der Waals surface area contributed by atoms with E-state index in [1.807, 2.05) is 10.7 Å². The molecule has 0 aliphatic carbocycles. The summed E-state index contributed by atoms with van der Waals surface area (Å²) < 4.78 is 10.6. The van der Waals surface area contributed by atoms with Crippen molar-refractivity contribution in [1.29, 1.82) is 0 Å². The van der Waals surface area contributed by atoms with Gasteiger partial charge in [0.05, 0.1) is 24.0 Å². The molecule has 1 amide bonds. The summed E-state index contributed by atoms with van der Waals surface area (Å²) in [5.74, 6) is 1.21.